The summed E-state index contributed by atoms with van der Waals surface area (Å²) in [4.78, 5) is 4.25. The van der Waals surface area contributed by atoms with Gasteiger partial charge in [0.1, 0.15) is 24.2 Å². The van der Waals surface area contributed by atoms with E-state index in [0.29, 0.717) is 34.7 Å². The highest BCUT2D eigenvalue weighted by molar-refractivity contribution is 7.89. The highest BCUT2D eigenvalue weighted by Crippen LogP contribution is 2.33. The maximum Gasteiger partial charge on any atom is 0.240 e. The minimum atomic E-state index is -3.76. The van der Waals surface area contributed by atoms with Gasteiger partial charge < -0.3 is 24.4 Å². The third kappa shape index (κ3) is 6.27. The quantitative estimate of drug-likeness (QED) is 0.542. The summed E-state index contributed by atoms with van der Waals surface area (Å²) in [6.07, 6.45) is 0.807. The second-order valence-electron chi connectivity index (χ2n) is 8.60. The maximum atomic E-state index is 12.7. The number of β-amino-alcohol motifs (C(OH)–C–C–N with tert-alkyl or cyclic N) is 1. The second kappa shape index (κ2) is 10.9. The summed E-state index contributed by atoms with van der Waals surface area (Å²) >= 11 is 12.0. The van der Waals surface area contributed by atoms with E-state index < -0.39 is 16.1 Å². The molecule has 0 saturated carbocycles. The third-order valence-corrected chi connectivity index (χ3v) is 8.20. The van der Waals surface area contributed by atoms with Gasteiger partial charge in [-0.3, -0.25) is 0 Å². The number of aliphatic hydroxyl groups is 1. The van der Waals surface area contributed by atoms with Gasteiger partial charge in [0.2, 0.25) is 10.0 Å². The van der Waals surface area contributed by atoms with Crippen LogP contribution in [0.1, 0.15) is 12.8 Å². The van der Waals surface area contributed by atoms with Crippen molar-refractivity contribution in [1.29, 1.82) is 0 Å². The van der Waals surface area contributed by atoms with Crippen LogP contribution in [0.5, 0.6) is 11.5 Å². The van der Waals surface area contributed by atoms with Crippen LogP contribution >= 0.6 is 23.2 Å². The lowest BCUT2D eigenvalue weighted by Crippen LogP contribution is -2.45. The average molecular weight is 530 g/mol. The highest BCUT2D eigenvalue weighted by Gasteiger charge is 2.24. The number of nitrogens with zero attached hydrogens (tertiary/aromatic N) is 2. The molecule has 8 nitrogen and oxygen atoms in total. The Balaban J connectivity index is 1.23. The maximum absolute atomic E-state index is 12.7. The van der Waals surface area contributed by atoms with Gasteiger partial charge in [-0.1, -0.05) is 23.2 Å². The van der Waals surface area contributed by atoms with Gasteiger partial charge in [-0.05, 0) is 37.1 Å². The molecule has 2 aromatic carbocycles. The van der Waals surface area contributed by atoms with Crippen LogP contribution in [0.25, 0.3) is 0 Å². The molecule has 34 heavy (non-hydrogen) atoms. The standard InChI is InChI=1S/C23H29Cl2N3O5S/c1-27-10-11-32-23-13-19(3-5-22(23)27)34(30,31)26-14-16(29)15-28-8-6-17(7-9-28)33-18-2-4-20(24)21(25)12-18/h2-5,12-13,16-17,26,29H,6-11,14-15H2,1H3/t16-/m1/s1. The van der Waals surface area contributed by atoms with Crippen molar-refractivity contribution in [2.75, 3.05) is 51.3 Å². The van der Waals surface area contributed by atoms with Crippen LogP contribution < -0.4 is 19.1 Å². The van der Waals surface area contributed by atoms with Gasteiger partial charge in [0.25, 0.3) is 0 Å². The van der Waals surface area contributed by atoms with Crippen molar-refractivity contribution in [2.24, 2.45) is 0 Å². The molecule has 0 aromatic heterocycles. The Kier molecular flexibility index (Phi) is 8.12. The molecule has 2 aliphatic heterocycles. The first-order chi connectivity index (χ1) is 16.2. The molecule has 2 heterocycles. The molecule has 2 aliphatic rings. The molecule has 0 aliphatic carbocycles. The van der Waals surface area contributed by atoms with Gasteiger partial charge in [0, 0.05) is 45.4 Å². The molecule has 0 radical (unpaired) electrons. The lowest BCUT2D eigenvalue weighted by atomic mass is 10.1. The van der Waals surface area contributed by atoms with Crippen molar-refractivity contribution in [3.05, 3.63) is 46.4 Å². The van der Waals surface area contributed by atoms with Gasteiger partial charge in [-0.15, -0.1) is 0 Å². The number of likely N-dealkylation sites (N-methyl/N-ethyl adjacent to an activating group) is 1. The number of aliphatic hydroxyl groups excluding tert-OH is 1. The third-order valence-electron chi connectivity index (χ3n) is 6.04. The van der Waals surface area contributed by atoms with Crippen molar-refractivity contribution < 1.29 is 23.0 Å². The second-order valence-corrected chi connectivity index (χ2v) is 11.2. The number of benzene rings is 2. The van der Waals surface area contributed by atoms with Crippen LogP contribution in [-0.4, -0.2) is 77.0 Å². The normalized spacial score (nSPS) is 18.3. The lowest BCUT2D eigenvalue weighted by Gasteiger charge is -2.33. The van der Waals surface area contributed by atoms with E-state index in [0.717, 1.165) is 38.2 Å². The summed E-state index contributed by atoms with van der Waals surface area (Å²) in [6.45, 7) is 3.05. The molecule has 11 heteroatoms. The molecule has 186 valence electrons. The highest BCUT2D eigenvalue weighted by atomic mass is 35.5. The van der Waals surface area contributed by atoms with E-state index in [1.165, 1.54) is 6.07 Å². The van der Waals surface area contributed by atoms with Crippen molar-refractivity contribution >= 4 is 38.9 Å². The zero-order chi connectivity index (χ0) is 24.3. The van der Waals surface area contributed by atoms with E-state index >= 15 is 0 Å². The summed E-state index contributed by atoms with van der Waals surface area (Å²) in [5.41, 5.74) is 0.858. The molecule has 4 rings (SSSR count). The minimum Gasteiger partial charge on any atom is -0.490 e. The Morgan fingerprint density at radius 3 is 2.65 bits per heavy atom. The molecule has 1 saturated heterocycles. The monoisotopic (exact) mass is 529 g/mol. The predicted molar refractivity (Wildman–Crippen MR) is 133 cm³/mol. The number of sulfonamides is 1. The fourth-order valence-electron chi connectivity index (χ4n) is 4.11. The van der Waals surface area contributed by atoms with E-state index in [4.69, 9.17) is 32.7 Å². The van der Waals surface area contributed by atoms with Gasteiger partial charge >= 0.3 is 0 Å². The lowest BCUT2D eigenvalue weighted by molar-refractivity contribution is 0.0630. The van der Waals surface area contributed by atoms with E-state index in [-0.39, 0.29) is 17.5 Å². The zero-order valence-electron chi connectivity index (χ0n) is 18.9. The first kappa shape index (κ1) is 25.3. The van der Waals surface area contributed by atoms with Crippen LogP contribution in [-0.2, 0) is 10.0 Å². The van der Waals surface area contributed by atoms with Crippen molar-refractivity contribution in [3.8, 4) is 11.5 Å². The first-order valence-electron chi connectivity index (χ1n) is 11.2. The summed E-state index contributed by atoms with van der Waals surface area (Å²) in [7, 11) is -1.83. The molecule has 0 bridgehead atoms. The number of anilines is 1. The van der Waals surface area contributed by atoms with Gasteiger partial charge in [0.05, 0.1) is 33.3 Å². The molecule has 2 aromatic rings. The Morgan fingerprint density at radius 1 is 1.15 bits per heavy atom. The number of piperidine rings is 1. The number of nitrogens with one attached hydrogen (secondary N) is 1. The molecule has 0 unspecified atom stereocenters. The summed E-state index contributed by atoms with van der Waals surface area (Å²) in [5.74, 6) is 1.23. The fourth-order valence-corrected chi connectivity index (χ4v) is 5.49. The van der Waals surface area contributed by atoms with E-state index in [1.807, 2.05) is 11.9 Å². The van der Waals surface area contributed by atoms with Crippen molar-refractivity contribution in [1.82, 2.24) is 9.62 Å². The minimum absolute atomic E-state index is 0.0504. The number of rotatable bonds is 8. The Labute approximate surface area is 210 Å². The molecule has 1 fully saturated rings. The molecular formula is C23H29Cl2N3O5S. The predicted octanol–water partition coefficient (Wildman–Crippen LogP) is 3.00. The van der Waals surface area contributed by atoms with Crippen LogP contribution in [0.4, 0.5) is 5.69 Å². The van der Waals surface area contributed by atoms with Crippen LogP contribution in [0.15, 0.2) is 41.3 Å². The molecular weight excluding hydrogens is 501 g/mol. The van der Waals surface area contributed by atoms with E-state index in [2.05, 4.69) is 9.62 Å². The van der Waals surface area contributed by atoms with Crippen molar-refractivity contribution in [3.63, 3.8) is 0 Å². The SMILES string of the molecule is CN1CCOc2cc(S(=O)(=O)NC[C@@H](O)CN3CCC(Oc4ccc(Cl)c(Cl)c4)CC3)ccc21. The molecule has 1 atom stereocenters. The number of likely N-dealkylation sites (tertiary alicyclic amines) is 1. The number of fused-ring (bicyclic) bond motifs is 1. The Morgan fingerprint density at radius 2 is 1.91 bits per heavy atom. The molecule has 0 amide bonds. The number of hydrogen-bond acceptors (Lipinski definition) is 7. The van der Waals surface area contributed by atoms with Gasteiger partial charge in [0.15, 0.2) is 0 Å². The fraction of sp³-hybridized carbons (Fsp3) is 0.478. The zero-order valence-corrected chi connectivity index (χ0v) is 21.2. The average Bonchev–Trinajstić information content (AvgIpc) is 2.81. The van der Waals surface area contributed by atoms with E-state index in [1.54, 1.807) is 30.3 Å². The van der Waals surface area contributed by atoms with Gasteiger partial charge in [-0.25, -0.2) is 13.1 Å². The molecule has 2 N–H and O–H groups in total. The molecule has 0 spiro atoms. The first-order valence-corrected chi connectivity index (χ1v) is 13.4. The van der Waals surface area contributed by atoms with E-state index in [9.17, 15) is 13.5 Å². The smallest absolute Gasteiger partial charge is 0.240 e. The topological polar surface area (TPSA) is 91.3 Å². The largest absolute Gasteiger partial charge is 0.490 e. The van der Waals surface area contributed by atoms with Gasteiger partial charge in [-0.2, -0.15) is 0 Å². The van der Waals surface area contributed by atoms with Crippen molar-refractivity contribution in [2.45, 2.75) is 29.9 Å². The number of ether oxygens (including phenoxy) is 2. The summed E-state index contributed by atoms with van der Waals surface area (Å²) in [5, 5.41) is 11.4. The number of hydrogen-bond donors (Lipinski definition) is 2. The summed E-state index contributed by atoms with van der Waals surface area (Å²) in [6, 6.07) is 10.0. The van der Waals surface area contributed by atoms with Crippen LogP contribution in [0.2, 0.25) is 10.0 Å². The number of halogens is 2. The van der Waals surface area contributed by atoms with Crippen LogP contribution in [0, 0.1) is 0 Å². The Hall–Kier alpha value is -1.75. The Bertz CT molecular complexity index is 1110. The van der Waals surface area contributed by atoms with Crippen LogP contribution in [0.3, 0.4) is 0 Å². The summed E-state index contributed by atoms with van der Waals surface area (Å²) < 4.78 is 39.5.